The van der Waals surface area contributed by atoms with Gasteiger partial charge in [-0.25, -0.2) is 0 Å². The van der Waals surface area contributed by atoms with E-state index in [4.69, 9.17) is 0 Å². The lowest BCUT2D eigenvalue weighted by atomic mass is 9.92. The summed E-state index contributed by atoms with van der Waals surface area (Å²) in [6.45, 7) is 15.5. The Morgan fingerprint density at radius 3 is 1.53 bits per heavy atom. The molecule has 2 rings (SSSR count). The van der Waals surface area contributed by atoms with E-state index in [0.717, 1.165) is 34.8 Å². The summed E-state index contributed by atoms with van der Waals surface area (Å²) in [6.07, 6.45) is 6.14. The van der Waals surface area contributed by atoms with Gasteiger partial charge < -0.3 is 0 Å². The first kappa shape index (κ1) is 13.6. The van der Waals surface area contributed by atoms with Crippen LogP contribution in [0.3, 0.4) is 0 Å². The second-order valence-electron chi connectivity index (χ2n) is 7.76. The maximum Gasteiger partial charge on any atom is 0.0541 e. The summed E-state index contributed by atoms with van der Waals surface area (Å²) >= 11 is 0. The highest BCUT2D eigenvalue weighted by atomic mass is 28.3. The lowest BCUT2D eigenvalue weighted by molar-refractivity contribution is 0.352. The van der Waals surface area contributed by atoms with Crippen molar-refractivity contribution in [3.05, 3.63) is 0 Å². The van der Waals surface area contributed by atoms with Gasteiger partial charge in [0.05, 0.1) is 8.07 Å². The second kappa shape index (κ2) is 4.72. The van der Waals surface area contributed by atoms with Crippen molar-refractivity contribution < 1.29 is 0 Å². The summed E-state index contributed by atoms with van der Waals surface area (Å²) < 4.78 is 0. The Morgan fingerprint density at radius 1 is 0.706 bits per heavy atom. The fourth-order valence-electron chi connectivity index (χ4n) is 5.39. The van der Waals surface area contributed by atoms with Gasteiger partial charge in [0, 0.05) is 0 Å². The molecule has 0 aromatic heterocycles. The Balaban J connectivity index is 2.20. The molecule has 0 aromatic carbocycles. The molecular formula is C16H32Si. The van der Waals surface area contributed by atoms with Crippen molar-refractivity contribution in [2.75, 3.05) is 0 Å². The number of hydrogen-bond donors (Lipinski definition) is 0. The van der Waals surface area contributed by atoms with Gasteiger partial charge in [-0.15, -0.1) is 0 Å². The molecule has 0 aromatic rings. The first-order chi connectivity index (χ1) is 7.87. The third-order valence-corrected chi connectivity index (χ3v) is 12.3. The van der Waals surface area contributed by atoms with E-state index in [1.807, 2.05) is 0 Å². The summed E-state index contributed by atoms with van der Waals surface area (Å²) in [7, 11) is -1.05. The summed E-state index contributed by atoms with van der Waals surface area (Å²) in [4.78, 5) is 0. The summed E-state index contributed by atoms with van der Waals surface area (Å²) in [5.74, 6) is 3.84. The minimum atomic E-state index is -1.05. The van der Waals surface area contributed by atoms with Crippen LogP contribution >= 0.6 is 0 Å². The highest BCUT2D eigenvalue weighted by Crippen LogP contribution is 2.58. The summed E-state index contributed by atoms with van der Waals surface area (Å²) in [5, 5.41) is 0. The molecule has 2 aliphatic rings. The van der Waals surface area contributed by atoms with Crippen LogP contribution in [0.25, 0.3) is 0 Å². The Bertz CT molecular complexity index is 251. The molecule has 4 atom stereocenters. The van der Waals surface area contributed by atoms with Crippen LogP contribution in [-0.2, 0) is 0 Å². The van der Waals surface area contributed by atoms with Crippen molar-refractivity contribution in [3.8, 4) is 0 Å². The number of hydrogen-bond acceptors (Lipinski definition) is 0. The van der Waals surface area contributed by atoms with Gasteiger partial charge >= 0.3 is 0 Å². The van der Waals surface area contributed by atoms with E-state index in [1.54, 1.807) is 12.8 Å². The van der Waals surface area contributed by atoms with E-state index >= 15 is 0 Å². The van der Waals surface area contributed by atoms with Crippen molar-refractivity contribution in [1.29, 1.82) is 0 Å². The molecule has 0 spiro atoms. The molecule has 2 fully saturated rings. The smallest absolute Gasteiger partial charge is 0.0541 e. The Hall–Kier alpha value is 0.217. The van der Waals surface area contributed by atoms with Gasteiger partial charge in [-0.2, -0.15) is 0 Å². The lowest BCUT2D eigenvalue weighted by Gasteiger charge is -2.41. The monoisotopic (exact) mass is 252 g/mol. The zero-order valence-corrected chi connectivity index (χ0v) is 13.8. The first-order valence-electron chi connectivity index (χ1n) is 7.87. The molecule has 17 heavy (non-hydrogen) atoms. The molecule has 0 heterocycles. The van der Waals surface area contributed by atoms with E-state index in [-0.39, 0.29) is 0 Å². The van der Waals surface area contributed by atoms with E-state index < -0.39 is 8.07 Å². The molecule has 2 saturated carbocycles. The highest BCUT2D eigenvalue weighted by molar-refractivity contribution is 6.80. The molecule has 0 bridgehead atoms. The van der Waals surface area contributed by atoms with Gasteiger partial charge in [0.2, 0.25) is 0 Å². The largest absolute Gasteiger partial charge is 0.0689 e. The topological polar surface area (TPSA) is 0 Å². The van der Waals surface area contributed by atoms with Crippen molar-refractivity contribution in [2.45, 2.75) is 77.6 Å². The average molecular weight is 253 g/mol. The van der Waals surface area contributed by atoms with Gasteiger partial charge in [-0.05, 0) is 34.8 Å². The minimum Gasteiger partial charge on any atom is -0.0689 e. The summed E-state index contributed by atoms with van der Waals surface area (Å²) in [6, 6.07) is 0. The molecule has 0 N–H and O–H groups in total. The lowest BCUT2D eigenvalue weighted by Crippen LogP contribution is -2.41. The van der Waals surface area contributed by atoms with Crippen LogP contribution in [0.15, 0.2) is 0 Å². The first-order valence-corrected chi connectivity index (χ1v) is 11.0. The quantitative estimate of drug-likeness (QED) is 0.564. The average Bonchev–Trinajstić information content (AvgIpc) is 2.85. The van der Waals surface area contributed by atoms with Crippen LogP contribution in [0.2, 0.25) is 24.2 Å². The zero-order chi connectivity index (χ0) is 12.8. The Labute approximate surface area is 110 Å². The van der Waals surface area contributed by atoms with Gasteiger partial charge in [0.1, 0.15) is 0 Å². The molecule has 2 aliphatic carbocycles. The van der Waals surface area contributed by atoms with Crippen LogP contribution < -0.4 is 0 Å². The highest BCUT2D eigenvalue weighted by Gasteiger charge is 2.51. The van der Waals surface area contributed by atoms with Crippen molar-refractivity contribution in [3.63, 3.8) is 0 Å². The van der Waals surface area contributed by atoms with Gasteiger partial charge in [-0.1, -0.05) is 66.5 Å². The van der Waals surface area contributed by atoms with Gasteiger partial charge in [0.25, 0.3) is 0 Å². The van der Waals surface area contributed by atoms with Crippen molar-refractivity contribution >= 4 is 8.07 Å². The third-order valence-electron chi connectivity index (χ3n) is 6.89. The molecular weight excluding hydrogens is 220 g/mol. The van der Waals surface area contributed by atoms with Crippen LogP contribution in [0.4, 0.5) is 0 Å². The van der Waals surface area contributed by atoms with Gasteiger partial charge in [0.15, 0.2) is 0 Å². The van der Waals surface area contributed by atoms with Crippen LogP contribution in [0, 0.1) is 23.7 Å². The second-order valence-corrected chi connectivity index (χ2v) is 12.9. The van der Waals surface area contributed by atoms with Crippen molar-refractivity contribution in [1.82, 2.24) is 0 Å². The summed E-state index contributed by atoms with van der Waals surface area (Å²) in [5.41, 5.74) is 2.21. The Morgan fingerprint density at radius 2 is 1.12 bits per heavy atom. The van der Waals surface area contributed by atoms with E-state index in [1.165, 1.54) is 12.8 Å². The van der Waals surface area contributed by atoms with E-state index in [0.29, 0.717) is 0 Å². The predicted octanol–water partition coefficient (Wildman–Crippen LogP) is 5.57. The molecule has 4 unspecified atom stereocenters. The zero-order valence-electron chi connectivity index (χ0n) is 12.8. The molecule has 0 amide bonds. The fraction of sp³-hybridized carbons (Fsp3) is 1.00. The van der Waals surface area contributed by atoms with Crippen LogP contribution in [0.5, 0.6) is 0 Å². The maximum absolute atomic E-state index is 2.71. The van der Waals surface area contributed by atoms with E-state index in [2.05, 4.69) is 40.8 Å². The predicted molar refractivity (Wildman–Crippen MR) is 80.1 cm³/mol. The molecule has 0 radical (unpaired) electrons. The number of rotatable bonds is 2. The third kappa shape index (κ3) is 2.13. The van der Waals surface area contributed by atoms with Gasteiger partial charge in [-0.3, -0.25) is 0 Å². The molecule has 0 aliphatic heterocycles. The minimum absolute atomic E-state index is 0.947. The fourth-order valence-corrected chi connectivity index (χ4v) is 11.1. The van der Waals surface area contributed by atoms with Crippen molar-refractivity contribution in [2.24, 2.45) is 23.7 Å². The molecule has 1 heteroatoms. The molecule has 0 nitrogen and oxygen atoms in total. The van der Waals surface area contributed by atoms with E-state index in [9.17, 15) is 0 Å². The molecule has 0 saturated heterocycles. The SMILES string of the molecule is CC1C(C)C(C)C([Si](C)(C)C2CCCC2)C1C. The Kier molecular flexibility index (Phi) is 3.79. The standard InChI is InChI=1S/C16H32Si/c1-11-12(2)14(4)16(13(11)3)17(5,6)15-9-7-8-10-15/h11-16H,7-10H2,1-6H3. The van der Waals surface area contributed by atoms with Crippen LogP contribution in [-0.4, -0.2) is 8.07 Å². The maximum atomic E-state index is 2.71. The van der Waals surface area contributed by atoms with Crippen LogP contribution in [0.1, 0.15) is 53.4 Å². The molecule has 100 valence electrons. The normalized spacial score (nSPS) is 44.5.